The maximum atomic E-state index is 13.5. The van der Waals surface area contributed by atoms with Gasteiger partial charge in [-0.15, -0.1) is 20.4 Å². The lowest BCUT2D eigenvalue weighted by molar-refractivity contribution is -0.141. The van der Waals surface area contributed by atoms with Crippen LogP contribution in [0, 0.1) is 5.82 Å². The number of methoxy groups -OCH3 is 1. The number of nitrogens with zero attached hydrogens (tertiary/aromatic N) is 5. The third kappa shape index (κ3) is 4.92. The average molecular weight is 474 g/mol. The minimum atomic E-state index is -4.86. The number of carbonyl (C=O) groups is 1. The fourth-order valence-corrected chi connectivity index (χ4v) is 2.86. The largest absolute Gasteiger partial charge is 0.493 e. The topological polar surface area (TPSA) is 104 Å². The summed E-state index contributed by atoms with van der Waals surface area (Å²) >= 11 is 0. The molecule has 0 fully saturated rings. The molecule has 4 aromatic rings. The van der Waals surface area contributed by atoms with Crippen LogP contribution in [0.2, 0.25) is 0 Å². The van der Waals surface area contributed by atoms with Crippen LogP contribution in [0.1, 0.15) is 16.1 Å². The van der Waals surface area contributed by atoms with E-state index in [1.807, 2.05) is 0 Å². The Kier molecular flexibility index (Phi) is 6.08. The number of alkyl halides is 3. The number of ether oxygens (including phenoxy) is 2. The number of halogens is 4. The number of benzene rings is 2. The summed E-state index contributed by atoms with van der Waals surface area (Å²) in [5, 5.41) is 16.4. The monoisotopic (exact) mass is 474 g/mol. The van der Waals surface area contributed by atoms with Crippen LogP contribution >= 0.6 is 0 Å². The highest BCUT2D eigenvalue weighted by molar-refractivity contribution is 6.06. The van der Waals surface area contributed by atoms with Crippen molar-refractivity contribution in [1.82, 2.24) is 25.0 Å². The molecule has 0 bridgehead atoms. The van der Waals surface area contributed by atoms with Crippen LogP contribution in [0.15, 0.2) is 61.2 Å². The predicted octanol–water partition coefficient (Wildman–Crippen LogP) is 4.27. The van der Waals surface area contributed by atoms with E-state index in [9.17, 15) is 22.4 Å². The Labute approximate surface area is 189 Å². The number of nitrogens with one attached hydrogen (secondary N) is 1. The normalized spacial score (nSPS) is 11.2. The zero-order valence-corrected chi connectivity index (χ0v) is 17.2. The molecule has 0 unspecified atom stereocenters. The van der Waals surface area contributed by atoms with Gasteiger partial charge in [0.05, 0.1) is 12.8 Å². The molecule has 13 heteroatoms. The SMILES string of the molecule is COc1cc(F)ccc1Oc1nnc(C(F)(F)F)cc1C(=O)Nc1cccc(-n2cnnc2)c1. The van der Waals surface area contributed by atoms with Crippen LogP contribution < -0.4 is 14.8 Å². The fraction of sp³-hybridized carbons (Fsp3) is 0.0952. The highest BCUT2D eigenvalue weighted by atomic mass is 19.4. The number of hydrogen-bond donors (Lipinski definition) is 1. The Morgan fingerprint density at radius 2 is 1.76 bits per heavy atom. The summed E-state index contributed by atoms with van der Waals surface area (Å²) in [6.45, 7) is 0. The van der Waals surface area contributed by atoms with Gasteiger partial charge >= 0.3 is 6.18 Å². The molecule has 0 spiro atoms. The molecule has 0 aliphatic carbocycles. The molecule has 0 atom stereocenters. The Balaban J connectivity index is 1.69. The molecule has 34 heavy (non-hydrogen) atoms. The summed E-state index contributed by atoms with van der Waals surface area (Å²) in [7, 11) is 1.25. The lowest BCUT2D eigenvalue weighted by Gasteiger charge is -2.14. The van der Waals surface area contributed by atoms with Gasteiger partial charge in [-0.1, -0.05) is 6.07 Å². The molecule has 174 valence electrons. The maximum Gasteiger partial charge on any atom is 0.435 e. The number of anilines is 1. The quantitative estimate of drug-likeness (QED) is 0.416. The Morgan fingerprint density at radius 1 is 1.00 bits per heavy atom. The van der Waals surface area contributed by atoms with Crippen molar-refractivity contribution in [3.8, 4) is 23.1 Å². The molecule has 0 aliphatic heterocycles. The summed E-state index contributed by atoms with van der Waals surface area (Å²) in [5.41, 5.74) is -1.08. The molecular weight excluding hydrogens is 460 g/mol. The summed E-state index contributed by atoms with van der Waals surface area (Å²) in [6, 6.07) is 10.2. The van der Waals surface area contributed by atoms with Gasteiger partial charge in [0.25, 0.3) is 11.8 Å². The Hall–Kier alpha value is -4.55. The Morgan fingerprint density at radius 3 is 2.47 bits per heavy atom. The molecule has 1 amide bonds. The van der Waals surface area contributed by atoms with Gasteiger partial charge < -0.3 is 14.8 Å². The van der Waals surface area contributed by atoms with E-state index in [1.54, 1.807) is 22.8 Å². The second kappa shape index (κ2) is 9.13. The number of carbonyl (C=O) groups excluding carboxylic acids is 1. The van der Waals surface area contributed by atoms with Crippen LogP contribution in [0.5, 0.6) is 17.4 Å². The summed E-state index contributed by atoms with van der Waals surface area (Å²) in [5.74, 6) is -2.26. The van der Waals surface area contributed by atoms with E-state index in [4.69, 9.17) is 9.47 Å². The second-order valence-corrected chi connectivity index (χ2v) is 6.72. The number of hydrogen-bond acceptors (Lipinski definition) is 7. The second-order valence-electron chi connectivity index (χ2n) is 6.72. The summed E-state index contributed by atoms with van der Waals surface area (Å²) in [4.78, 5) is 13.0. The van der Waals surface area contributed by atoms with E-state index < -0.39 is 35.0 Å². The van der Waals surface area contributed by atoms with Gasteiger partial charge in [0.2, 0.25) is 0 Å². The van der Waals surface area contributed by atoms with Crippen LogP contribution in [-0.4, -0.2) is 38.0 Å². The van der Waals surface area contributed by atoms with Crippen LogP contribution in [0.3, 0.4) is 0 Å². The molecular formula is C21H14F4N6O3. The number of rotatable bonds is 6. The van der Waals surface area contributed by atoms with Gasteiger partial charge in [-0.3, -0.25) is 9.36 Å². The number of amides is 1. The van der Waals surface area contributed by atoms with E-state index in [0.717, 1.165) is 12.1 Å². The van der Waals surface area contributed by atoms with Crippen molar-refractivity contribution in [2.45, 2.75) is 6.18 Å². The Bertz CT molecular complexity index is 1330. The lowest BCUT2D eigenvalue weighted by Crippen LogP contribution is -2.18. The van der Waals surface area contributed by atoms with Gasteiger partial charge in [0, 0.05) is 11.8 Å². The first kappa shape index (κ1) is 22.6. The first-order chi connectivity index (χ1) is 16.2. The van der Waals surface area contributed by atoms with Gasteiger partial charge in [0.15, 0.2) is 17.2 Å². The third-order valence-electron chi connectivity index (χ3n) is 4.45. The highest BCUT2D eigenvalue weighted by Gasteiger charge is 2.35. The van der Waals surface area contributed by atoms with Crippen molar-refractivity contribution >= 4 is 11.6 Å². The first-order valence-electron chi connectivity index (χ1n) is 9.47. The molecule has 0 saturated carbocycles. The standard InChI is InChI=1S/C21H14F4N6O3/c1-33-17-7-12(22)5-6-16(17)34-20-15(9-18(29-30-20)21(23,24)25)19(32)28-13-3-2-4-14(8-13)31-10-26-27-11-31/h2-11H,1H3,(H,28,32). The molecule has 1 N–H and O–H groups in total. The summed E-state index contributed by atoms with van der Waals surface area (Å²) in [6.07, 6.45) is -1.99. The van der Waals surface area contributed by atoms with E-state index >= 15 is 0 Å². The van der Waals surface area contributed by atoms with E-state index in [2.05, 4.69) is 25.7 Å². The molecule has 2 aromatic heterocycles. The van der Waals surface area contributed by atoms with Crippen molar-refractivity contribution in [3.63, 3.8) is 0 Å². The highest BCUT2D eigenvalue weighted by Crippen LogP contribution is 2.35. The fourth-order valence-electron chi connectivity index (χ4n) is 2.86. The molecule has 4 rings (SSSR count). The predicted molar refractivity (Wildman–Crippen MR) is 109 cm³/mol. The molecule has 2 aromatic carbocycles. The van der Waals surface area contributed by atoms with Crippen molar-refractivity contribution < 1.29 is 31.8 Å². The van der Waals surface area contributed by atoms with E-state index in [1.165, 1.54) is 31.9 Å². The minimum Gasteiger partial charge on any atom is -0.493 e. The van der Waals surface area contributed by atoms with Crippen LogP contribution in [0.4, 0.5) is 23.2 Å². The van der Waals surface area contributed by atoms with E-state index in [-0.39, 0.29) is 17.2 Å². The van der Waals surface area contributed by atoms with Crippen molar-refractivity contribution in [3.05, 3.63) is 78.3 Å². The average Bonchev–Trinajstić information content (AvgIpc) is 3.35. The number of aromatic nitrogens is 5. The van der Waals surface area contributed by atoms with Gasteiger partial charge in [0.1, 0.15) is 24.0 Å². The van der Waals surface area contributed by atoms with Gasteiger partial charge in [-0.25, -0.2) is 4.39 Å². The third-order valence-corrected chi connectivity index (χ3v) is 4.45. The molecule has 9 nitrogen and oxygen atoms in total. The maximum absolute atomic E-state index is 13.5. The van der Waals surface area contributed by atoms with Crippen molar-refractivity contribution in [2.24, 2.45) is 0 Å². The van der Waals surface area contributed by atoms with E-state index in [0.29, 0.717) is 11.8 Å². The summed E-state index contributed by atoms with van der Waals surface area (Å²) < 4.78 is 65.3. The van der Waals surface area contributed by atoms with Gasteiger partial charge in [-0.2, -0.15) is 13.2 Å². The molecule has 0 aliphatic rings. The lowest BCUT2D eigenvalue weighted by atomic mass is 10.2. The molecule has 0 radical (unpaired) electrons. The first-order valence-corrected chi connectivity index (χ1v) is 9.47. The van der Waals surface area contributed by atoms with Crippen LogP contribution in [-0.2, 0) is 6.18 Å². The van der Waals surface area contributed by atoms with Crippen molar-refractivity contribution in [2.75, 3.05) is 12.4 Å². The molecule has 0 saturated heterocycles. The smallest absolute Gasteiger partial charge is 0.435 e. The zero-order valence-electron chi connectivity index (χ0n) is 17.2. The van der Waals surface area contributed by atoms with Gasteiger partial charge in [-0.05, 0) is 36.4 Å². The van der Waals surface area contributed by atoms with Crippen LogP contribution in [0.25, 0.3) is 5.69 Å². The van der Waals surface area contributed by atoms with Crippen molar-refractivity contribution in [1.29, 1.82) is 0 Å². The minimum absolute atomic E-state index is 0.0605. The zero-order chi connectivity index (χ0) is 24.3. The molecule has 2 heterocycles.